The fourth-order valence-corrected chi connectivity index (χ4v) is 5.48. The van der Waals surface area contributed by atoms with Gasteiger partial charge in [-0.1, -0.05) is 6.92 Å². The van der Waals surface area contributed by atoms with Crippen molar-refractivity contribution in [3.05, 3.63) is 36.0 Å². The second kappa shape index (κ2) is 9.71. The van der Waals surface area contributed by atoms with E-state index in [0.29, 0.717) is 12.4 Å². The number of carbonyl (C=O) groups is 2. The molecule has 1 aromatic heterocycles. The monoisotopic (exact) mass is 477 g/mol. The lowest BCUT2D eigenvalue weighted by Crippen LogP contribution is -2.48. The zero-order chi connectivity index (χ0) is 24.4. The van der Waals surface area contributed by atoms with Crippen molar-refractivity contribution in [1.29, 1.82) is 0 Å². The molecule has 35 heavy (non-hydrogen) atoms. The molecule has 186 valence electrons. The van der Waals surface area contributed by atoms with E-state index in [2.05, 4.69) is 37.6 Å². The Kier molecular flexibility index (Phi) is 6.49. The number of nitrogens with zero attached hydrogens (tertiary/aromatic N) is 5. The van der Waals surface area contributed by atoms with Crippen molar-refractivity contribution in [1.82, 2.24) is 20.2 Å². The molecule has 2 N–H and O–H groups in total. The standard InChI is InChI=1S/C26H35N7O2/c1-3-22(34)32-16-14-31(15-17-32)21-6-4-20(5-7-21)29-25-28-18-19(2)23(30-25)33-12-9-26(10-13-33)8-11-27-24(26)35/h4-7,18H,3,8-17H2,1-2H3,(H,27,35)(H,28,29,30). The van der Waals surface area contributed by atoms with E-state index < -0.39 is 0 Å². The fourth-order valence-electron chi connectivity index (χ4n) is 5.48. The van der Waals surface area contributed by atoms with Crippen molar-refractivity contribution in [2.24, 2.45) is 5.41 Å². The average Bonchev–Trinajstić information content (AvgIpc) is 3.25. The first kappa shape index (κ1) is 23.4. The Morgan fingerprint density at radius 1 is 1.03 bits per heavy atom. The average molecular weight is 478 g/mol. The van der Waals surface area contributed by atoms with Crippen LogP contribution in [0.25, 0.3) is 0 Å². The summed E-state index contributed by atoms with van der Waals surface area (Å²) in [6, 6.07) is 8.30. The van der Waals surface area contributed by atoms with E-state index >= 15 is 0 Å². The fraction of sp³-hybridized carbons (Fsp3) is 0.538. The summed E-state index contributed by atoms with van der Waals surface area (Å²) in [5, 5.41) is 6.35. The van der Waals surface area contributed by atoms with E-state index in [-0.39, 0.29) is 17.2 Å². The molecule has 0 bridgehead atoms. The van der Waals surface area contributed by atoms with Crippen LogP contribution in [0.3, 0.4) is 0 Å². The number of amides is 2. The first-order valence-electron chi connectivity index (χ1n) is 12.7. The number of carbonyl (C=O) groups excluding carboxylic acids is 2. The van der Waals surface area contributed by atoms with Gasteiger partial charge in [0.25, 0.3) is 0 Å². The SMILES string of the molecule is CCC(=O)N1CCN(c2ccc(Nc3ncc(C)c(N4CCC5(CCNC5=O)CC4)n3)cc2)CC1. The molecule has 0 atom stereocenters. The number of aryl methyl sites for hydroxylation is 1. The van der Waals surface area contributed by atoms with Crippen molar-refractivity contribution in [3.63, 3.8) is 0 Å². The maximum Gasteiger partial charge on any atom is 0.229 e. The molecule has 1 aromatic carbocycles. The molecule has 3 saturated heterocycles. The number of benzene rings is 1. The van der Waals surface area contributed by atoms with Gasteiger partial charge in [-0.3, -0.25) is 9.59 Å². The molecule has 5 rings (SSSR count). The van der Waals surface area contributed by atoms with Gasteiger partial charge >= 0.3 is 0 Å². The van der Waals surface area contributed by atoms with E-state index in [1.54, 1.807) is 0 Å². The lowest BCUT2D eigenvalue weighted by molar-refractivity contribution is -0.131. The highest BCUT2D eigenvalue weighted by Gasteiger charge is 2.44. The number of piperazine rings is 1. The maximum absolute atomic E-state index is 12.3. The predicted molar refractivity (Wildman–Crippen MR) is 137 cm³/mol. The summed E-state index contributed by atoms with van der Waals surface area (Å²) in [7, 11) is 0. The van der Waals surface area contributed by atoms with Crippen molar-refractivity contribution in [2.75, 3.05) is 60.9 Å². The van der Waals surface area contributed by atoms with Gasteiger partial charge in [-0.15, -0.1) is 0 Å². The Morgan fingerprint density at radius 2 is 1.74 bits per heavy atom. The zero-order valence-electron chi connectivity index (χ0n) is 20.7. The molecule has 0 unspecified atom stereocenters. The highest BCUT2D eigenvalue weighted by Crippen LogP contribution is 2.39. The predicted octanol–water partition coefficient (Wildman–Crippen LogP) is 2.69. The van der Waals surface area contributed by atoms with Crippen LogP contribution in [0.1, 0.15) is 38.2 Å². The van der Waals surface area contributed by atoms with E-state index in [1.807, 2.05) is 37.1 Å². The van der Waals surface area contributed by atoms with E-state index in [0.717, 1.165) is 87.8 Å². The number of hydrogen-bond donors (Lipinski definition) is 2. The van der Waals surface area contributed by atoms with Gasteiger partial charge in [0.2, 0.25) is 17.8 Å². The van der Waals surface area contributed by atoms with Crippen molar-refractivity contribution >= 4 is 35.0 Å². The van der Waals surface area contributed by atoms with Crippen LogP contribution in [-0.4, -0.2) is 72.5 Å². The van der Waals surface area contributed by atoms with Crippen molar-refractivity contribution in [3.8, 4) is 0 Å². The topological polar surface area (TPSA) is 93.7 Å². The van der Waals surface area contributed by atoms with E-state index in [1.165, 1.54) is 0 Å². The van der Waals surface area contributed by atoms with Crippen LogP contribution in [0.4, 0.5) is 23.1 Å². The maximum atomic E-state index is 12.3. The van der Waals surface area contributed by atoms with Crippen LogP contribution >= 0.6 is 0 Å². The summed E-state index contributed by atoms with van der Waals surface area (Å²) in [6.07, 6.45) is 5.11. The minimum atomic E-state index is -0.182. The van der Waals surface area contributed by atoms with E-state index in [4.69, 9.17) is 4.98 Å². The van der Waals surface area contributed by atoms with Gasteiger partial charge in [-0.05, 0) is 50.5 Å². The number of piperidine rings is 1. The first-order chi connectivity index (χ1) is 17.0. The van der Waals surface area contributed by atoms with Crippen LogP contribution in [0, 0.1) is 12.3 Å². The number of hydrogen-bond acceptors (Lipinski definition) is 7. The Morgan fingerprint density at radius 3 is 2.37 bits per heavy atom. The molecule has 3 aliphatic rings. The number of aromatic nitrogens is 2. The number of rotatable bonds is 5. The molecule has 2 aromatic rings. The summed E-state index contributed by atoms with van der Waals surface area (Å²) in [6.45, 7) is 9.65. The van der Waals surface area contributed by atoms with Gasteiger partial charge < -0.3 is 25.3 Å². The van der Waals surface area contributed by atoms with Gasteiger partial charge in [0.15, 0.2) is 0 Å². The van der Waals surface area contributed by atoms with Gasteiger partial charge in [-0.25, -0.2) is 4.98 Å². The molecule has 1 spiro atoms. The van der Waals surface area contributed by atoms with Gasteiger partial charge in [0, 0.05) is 75.4 Å². The summed E-state index contributed by atoms with van der Waals surface area (Å²) in [4.78, 5) is 40.1. The molecule has 9 nitrogen and oxygen atoms in total. The Hall–Kier alpha value is -3.36. The third kappa shape index (κ3) is 4.76. The first-order valence-corrected chi connectivity index (χ1v) is 12.7. The van der Waals surface area contributed by atoms with Gasteiger partial charge in [-0.2, -0.15) is 4.98 Å². The second-order valence-electron chi connectivity index (χ2n) is 9.87. The second-order valence-corrected chi connectivity index (χ2v) is 9.87. The molecular formula is C26H35N7O2. The molecule has 0 aliphatic carbocycles. The molecule has 3 aliphatic heterocycles. The van der Waals surface area contributed by atoms with Gasteiger partial charge in [0.1, 0.15) is 5.82 Å². The summed E-state index contributed by atoms with van der Waals surface area (Å²) in [5.74, 6) is 1.96. The molecular weight excluding hydrogens is 442 g/mol. The quantitative estimate of drug-likeness (QED) is 0.684. The van der Waals surface area contributed by atoms with E-state index in [9.17, 15) is 9.59 Å². The Balaban J connectivity index is 1.21. The normalized spacial score (nSPS) is 19.7. The van der Waals surface area contributed by atoms with Crippen molar-refractivity contribution in [2.45, 2.75) is 39.5 Å². The van der Waals surface area contributed by atoms with Crippen LogP contribution in [-0.2, 0) is 9.59 Å². The third-order valence-electron chi connectivity index (χ3n) is 7.76. The molecule has 4 heterocycles. The Bertz CT molecular complexity index is 1070. The highest BCUT2D eigenvalue weighted by atomic mass is 16.2. The Labute approximate surface area is 206 Å². The minimum absolute atomic E-state index is 0.182. The van der Waals surface area contributed by atoms with Gasteiger partial charge in [0.05, 0.1) is 5.41 Å². The summed E-state index contributed by atoms with van der Waals surface area (Å²) < 4.78 is 0. The lowest BCUT2D eigenvalue weighted by Gasteiger charge is -2.38. The molecule has 2 amide bonds. The highest BCUT2D eigenvalue weighted by molar-refractivity contribution is 5.85. The molecule has 9 heteroatoms. The lowest BCUT2D eigenvalue weighted by atomic mass is 9.77. The van der Waals surface area contributed by atoms with Crippen LogP contribution < -0.4 is 20.4 Å². The number of anilines is 4. The number of nitrogens with one attached hydrogen (secondary N) is 2. The molecule has 3 fully saturated rings. The zero-order valence-corrected chi connectivity index (χ0v) is 20.7. The van der Waals surface area contributed by atoms with Crippen LogP contribution in [0.15, 0.2) is 30.5 Å². The molecule has 0 radical (unpaired) electrons. The van der Waals surface area contributed by atoms with Crippen LogP contribution in [0.5, 0.6) is 0 Å². The molecule has 0 saturated carbocycles. The summed E-state index contributed by atoms with van der Waals surface area (Å²) >= 11 is 0. The van der Waals surface area contributed by atoms with Crippen LogP contribution in [0.2, 0.25) is 0 Å². The minimum Gasteiger partial charge on any atom is -0.368 e. The smallest absolute Gasteiger partial charge is 0.229 e. The van der Waals surface area contributed by atoms with Crippen molar-refractivity contribution < 1.29 is 9.59 Å². The summed E-state index contributed by atoms with van der Waals surface area (Å²) in [5.41, 5.74) is 2.95. The third-order valence-corrected chi connectivity index (χ3v) is 7.76. The largest absolute Gasteiger partial charge is 0.368 e.